The molecule has 0 bridgehead atoms. The van der Waals surface area contributed by atoms with Crippen molar-refractivity contribution in [1.82, 2.24) is 9.97 Å². The Morgan fingerprint density at radius 2 is 1.32 bits per heavy atom. The molecule has 1 aliphatic rings. The first kappa shape index (κ1) is 19.0. The molecular formula is C29H24N2. The minimum absolute atomic E-state index is 0.996. The number of nitrogens with one attached hydrogen (secondary N) is 2. The van der Waals surface area contributed by atoms with Crippen LogP contribution in [0.4, 0.5) is 0 Å². The van der Waals surface area contributed by atoms with E-state index in [-0.39, 0.29) is 0 Å². The quantitative estimate of drug-likeness (QED) is 0.347. The molecule has 31 heavy (non-hydrogen) atoms. The highest BCUT2D eigenvalue weighted by Crippen LogP contribution is 2.48. The van der Waals surface area contributed by atoms with Gasteiger partial charge in [0, 0.05) is 44.4 Å². The minimum atomic E-state index is 0.996. The summed E-state index contributed by atoms with van der Waals surface area (Å²) in [6.45, 7) is 14.5. The van der Waals surface area contributed by atoms with Gasteiger partial charge in [0.2, 0.25) is 0 Å². The van der Waals surface area contributed by atoms with E-state index in [1.807, 2.05) is 25.2 Å². The second-order valence-electron chi connectivity index (χ2n) is 7.61. The summed E-state index contributed by atoms with van der Waals surface area (Å²) < 4.78 is 0. The van der Waals surface area contributed by atoms with Crippen molar-refractivity contribution in [1.29, 1.82) is 0 Å². The average Bonchev–Trinajstić information content (AvgIpc) is 3.35. The SMILES string of the molecule is C=C/C1=C(\C=C)c2c([nH]c3ccccc23)-c2ccccc2-c2[nH]c(C=C)c(/C=C\C)c21. The van der Waals surface area contributed by atoms with E-state index in [0.717, 1.165) is 61.6 Å². The molecule has 0 radical (unpaired) electrons. The summed E-state index contributed by atoms with van der Waals surface area (Å²) >= 11 is 0. The van der Waals surface area contributed by atoms with Crippen LogP contribution in [0.25, 0.3) is 56.7 Å². The average molecular weight is 401 g/mol. The smallest absolute Gasteiger partial charge is 0.0551 e. The van der Waals surface area contributed by atoms with E-state index in [0.29, 0.717) is 0 Å². The molecule has 1 aliphatic carbocycles. The summed E-state index contributed by atoms with van der Waals surface area (Å²) in [6.07, 6.45) is 9.98. The van der Waals surface area contributed by atoms with Gasteiger partial charge in [-0.1, -0.05) is 86.5 Å². The normalized spacial score (nSPS) is 15.1. The Labute approximate surface area is 182 Å². The Morgan fingerprint density at radius 3 is 1.97 bits per heavy atom. The highest BCUT2D eigenvalue weighted by Gasteiger charge is 2.28. The number of rotatable bonds is 4. The van der Waals surface area contributed by atoms with Crippen molar-refractivity contribution in [3.05, 3.63) is 109 Å². The third-order valence-electron chi connectivity index (χ3n) is 6.02. The Balaban J connectivity index is 2.07. The Hall–Kier alpha value is -4.04. The molecule has 2 aromatic carbocycles. The number of hydrogen-bond acceptors (Lipinski definition) is 0. The van der Waals surface area contributed by atoms with Crippen molar-refractivity contribution in [2.75, 3.05) is 0 Å². The van der Waals surface area contributed by atoms with Crippen molar-refractivity contribution in [2.45, 2.75) is 6.92 Å². The van der Waals surface area contributed by atoms with Crippen molar-refractivity contribution in [3.8, 4) is 22.5 Å². The van der Waals surface area contributed by atoms with Gasteiger partial charge in [0.25, 0.3) is 0 Å². The number of H-pyrrole nitrogens is 2. The van der Waals surface area contributed by atoms with Gasteiger partial charge in [-0.3, -0.25) is 0 Å². The van der Waals surface area contributed by atoms with Crippen LogP contribution in [0.1, 0.15) is 29.3 Å². The van der Waals surface area contributed by atoms with Gasteiger partial charge in [-0.25, -0.2) is 0 Å². The number of para-hydroxylation sites is 1. The Bertz CT molecular complexity index is 1430. The molecule has 5 rings (SSSR count). The third kappa shape index (κ3) is 2.65. The Morgan fingerprint density at radius 1 is 0.710 bits per heavy atom. The summed E-state index contributed by atoms with van der Waals surface area (Å²) in [5, 5.41) is 1.18. The van der Waals surface area contributed by atoms with Crippen LogP contribution in [0, 0.1) is 0 Å². The van der Waals surface area contributed by atoms with Crippen molar-refractivity contribution in [2.24, 2.45) is 0 Å². The van der Waals surface area contributed by atoms with Crippen molar-refractivity contribution in [3.63, 3.8) is 0 Å². The van der Waals surface area contributed by atoms with E-state index in [2.05, 4.69) is 90.4 Å². The first-order valence-electron chi connectivity index (χ1n) is 10.4. The standard InChI is InChI=1S/C29H24N2/c1-5-13-22-24(8-4)30-28-20-14-9-10-15-21(20)29-27(19(7-3)18(6-2)26(22)28)23-16-11-12-17-25(23)31-29/h5-17,30-31H,2-4H2,1H3/b13-5-,19-18-,26-18?,27-19?,28-20?,29-21?. The predicted molar refractivity (Wildman–Crippen MR) is 136 cm³/mol. The van der Waals surface area contributed by atoms with Crippen LogP contribution in [-0.2, 0) is 0 Å². The molecule has 0 aliphatic heterocycles. The molecule has 0 atom stereocenters. The molecule has 2 nitrogen and oxygen atoms in total. The van der Waals surface area contributed by atoms with Crippen LogP contribution in [0.2, 0.25) is 0 Å². The summed E-state index contributed by atoms with van der Waals surface area (Å²) in [5.74, 6) is 0. The molecule has 150 valence electrons. The molecule has 0 saturated heterocycles. The van der Waals surface area contributed by atoms with Gasteiger partial charge in [-0.05, 0) is 30.2 Å². The van der Waals surface area contributed by atoms with Crippen LogP contribution >= 0.6 is 0 Å². The molecule has 0 amide bonds. The van der Waals surface area contributed by atoms with Gasteiger partial charge < -0.3 is 9.97 Å². The van der Waals surface area contributed by atoms with Crippen LogP contribution in [0.3, 0.4) is 0 Å². The fraction of sp³-hybridized carbons (Fsp3) is 0.0345. The van der Waals surface area contributed by atoms with Gasteiger partial charge in [-0.2, -0.15) is 0 Å². The van der Waals surface area contributed by atoms with Crippen LogP contribution in [0.15, 0.2) is 86.5 Å². The maximum Gasteiger partial charge on any atom is 0.0551 e. The lowest BCUT2D eigenvalue weighted by Gasteiger charge is -2.19. The molecule has 4 aromatic rings. The lowest BCUT2D eigenvalue weighted by Crippen LogP contribution is -1.98. The third-order valence-corrected chi connectivity index (χ3v) is 6.02. The second kappa shape index (κ2) is 7.33. The number of allylic oxidation sites excluding steroid dienone is 5. The van der Waals surface area contributed by atoms with Crippen LogP contribution in [-0.4, -0.2) is 9.97 Å². The van der Waals surface area contributed by atoms with Crippen molar-refractivity contribution < 1.29 is 0 Å². The Kier molecular flexibility index (Phi) is 4.48. The van der Waals surface area contributed by atoms with Crippen LogP contribution in [0.5, 0.6) is 0 Å². The maximum absolute atomic E-state index is 4.20. The van der Waals surface area contributed by atoms with E-state index >= 15 is 0 Å². The zero-order chi connectivity index (χ0) is 21.5. The molecule has 2 heteroatoms. The molecule has 0 saturated carbocycles. The number of aromatic amines is 2. The summed E-state index contributed by atoms with van der Waals surface area (Å²) in [4.78, 5) is 7.31. The number of hydrogen-bond donors (Lipinski definition) is 2. The van der Waals surface area contributed by atoms with Gasteiger partial charge in [0.05, 0.1) is 11.4 Å². The van der Waals surface area contributed by atoms with Gasteiger partial charge in [0.15, 0.2) is 0 Å². The lowest BCUT2D eigenvalue weighted by atomic mass is 9.84. The van der Waals surface area contributed by atoms with E-state index < -0.39 is 0 Å². The largest absolute Gasteiger partial charge is 0.354 e. The van der Waals surface area contributed by atoms with E-state index in [1.54, 1.807) is 0 Å². The minimum Gasteiger partial charge on any atom is -0.354 e. The van der Waals surface area contributed by atoms with Gasteiger partial charge >= 0.3 is 0 Å². The van der Waals surface area contributed by atoms with E-state index in [9.17, 15) is 0 Å². The molecule has 2 N–H and O–H groups in total. The monoisotopic (exact) mass is 400 g/mol. The maximum atomic E-state index is 4.20. The topological polar surface area (TPSA) is 31.6 Å². The first-order valence-corrected chi connectivity index (χ1v) is 10.4. The molecule has 2 heterocycles. The molecule has 0 spiro atoms. The molecular weight excluding hydrogens is 376 g/mol. The lowest BCUT2D eigenvalue weighted by molar-refractivity contribution is 1.35. The van der Waals surface area contributed by atoms with Crippen LogP contribution < -0.4 is 0 Å². The molecule has 0 unspecified atom stereocenters. The highest BCUT2D eigenvalue weighted by atomic mass is 14.8. The molecule has 0 fully saturated rings. The van der Waals surface area contributed by atoms with Gasteiger partial charge in [-0.15, -0.1) is 0 Å². The number of fused-ring (bicyclic) bond motifs is 7. The van der Waals surface area contributed by atoms with E-state index in [1.165, 1.54) is 5.39 Å². The fourth-order valence-corrected chi connectivity index (χ4v) is 4.75. The first-order chi connectivity index (χ1) is 15.2. The zero-order valence-corrected chi connectivity index (χ0v) is 17.6. The highest BCUT2D eigenvalue weighted by molar-refractivity contribution is 6.15. The summed E-state index contributed by atoms with van der Waals surface area (Å²) in [6, 6.07) is 17.0. The van der Waals surface area contributed by atoms with Gasteiger partial charge in [0.1, 0.15) is 0 Å². The number of aromatic nitrogens is 2. The summed E-state index contributed by atoms with van der Waals surface area (Å²) in [5.41, 5.74) is 12.1. The number of benzene rings is 2. The predicted octanol–water partition coefficient (Wildman–Crippen LogP) is 8.10. The fourth-order valence-electron chi connectivity index (χ4n) is 4.75. The van der Waals surface area contributed by atoms with E-state index in [4.69, 9.17) is 0 Å². The van der Waals surface area contributed by atoms with Crippen molar-refractivity contribution >= 4 is 34.2 Å². The molecule has 2 aromatic heterocycles. The zero-order valence-electron chi connectivity index (χ0n) is 17.6. The second-order valence-corrected chi connectivity index (χ2v) is 7.61. The summed E-state index contributed by atoms with van der Waals surface area (Å²) in [7, 11) is 0.